The van der Waals surface area contributed by atoms with Crippen molar-refractivity contribution in [3.8, 4) is 0 Å². The molecule has 1 aromatic rings. The zero-order chi connectivity index (χ0) is 10.8. The van der Waals surface area contributed by atoms with E-state index in [0.717, 1.165) is 23.9 Å². The van der Waals surface area contributed by atoms with Gasteiger partial charge in [-0.2, -0.15) is 0 Å². The predicted molar refractivity (Wildman–Crippen MR) is 60.9 cm³/mol. The molecular weight excluding hydrogens is 258 g/mol. The third-order valence-electron chi connectivity index (χ3n) is 2.94. The van der Waals surface area contributed by atoms with E-state index in [9.17, 15) is 4.79 Å². The molecule has 1 aliphatic heterocycles. The second-order valence-corrected chi connectivity index (χ2v) is 4.81. The van der Waals surface area contributed by atoms with E-state index in [4.69, 9.17) is 4.42 Å². The molecule has 0 amide bonds. The molecule has 2 atom stereocenters. The van der Waals surface area contributed by atoms with Crippen LogP contribution in [0.5, 0.6) is 0 Å². The second kappa shape index (κ2) is 4.49. The summed E-state index contributed by atoms with van der Waals surface area (Å²) in [4.78, 5) is 12.1. The highest BCUT2D eigenvalue weighted by Gasteiger charge is 2.30. The average molecular weight is 272 g/mol. The van der Waals surface area contributed by atoms with Crippen LogP contribution in [0.15, 0.2) is 21.2 Å². The average Bonchev–Trinajstić information content (AvgIpc) is 2.64. The van der Waals surface area contributed by atoms with E-state index in [1.807, 2.05) is 0 Å². The van der Waals surface area contributed by atoms with Crippen molar-refractivity contribution in [1.82, 2.24) is 5.32 Å². The van der Waals surface area contributed by atoms with Crippen LogP contribution in [0.3, 0.4) is 0 Å². The van der Waals surface area contributed by atoms with E-state index >= 15 is 0 Å². The van der Waals surface area contributed by atoms with Gasteiger partial charge in [0.05, 0.1) is 10.7 Å². The molecule has 0 aliphatic carbocycles. The lowest BCUT2D eigenvalue weighted by Gasteiger charge is -2.28. The number of furan rings is 1. The molecule has 1 aromatic heterocycles. The maximum Gasteiger partial charge on any atom is 0.203 e. The minimum atomic E-state index is 0.0428. The van der Waals surface area contributed by atoms with Crippen molar-refractivity contribution in [2.24, 2.45) is 5.92 Å². The van der Waals surface area contributed by atoms with Crippen LogP contribution in [0.2, 0.25) is 0 Å². The Labute approximate surface area is 97.4 Å². The summed E-state index contributed by atoms with van der Waals surface area (Å²) in [6.07, 6.45) is 3.54. The molecule has 2 unspecified atom stereocenters. The summed E-state index contributed by atoms with van der Waals surface area (Å²) >= 11 is 3.32. The maximum absolute atomic E-state index is 12.1. The number of carbonyl (C=O) groups excluding carboxylic acids is 1. The van der Waals surface area contributed by atoms with Crippen molar-refractivity contribution < 1.29 is 9.21 Å². The van der Waals surface area contributed by atoms with Gasteiger partial charge in [-0.05, 0) is 48.3 Å². The number of halogens is 1. The van der Waals surface area contributed by atoms with Gasteiger partial charge in [0, 0.05) is 12.0 Å². The molecule has 1 saturated heterocycles. The van der Waals surface area contributed by atoms with E-state index in [2.05, 4.69) is 28.2 Å². The van der Waals surface area contributed by atoms with Crippen LogP contribution >= 0.6 is 15.9 Å². The van der Waals surface area contributed by atoms with Crippen molar-refractivity contribution in [2.75, 3.05) is 6.54 Å². The van der Waals surface area contributed by atoms with E-state index in [0.29, 0.717) is 5.76 Å². The van der Waals surface area contributed by atoms with Gasteiger partial charge in [-0.15, -0.1) is 0 Å². The molecule has 0 aromatic carbocycles. The van der Waals surface area contributed by atoms with Gasteiger partial charge in [-0.3, -0.25) is 4.79 Å². The molecule has 0 radical (unpaired) electrons. The number of ketones is 1. The molecule has 0 saturated carbocycles. The van der Waals surface area contributed by atoms with Crippen LogP contribution in [-0.4, -0.2) is 18.4 Å². The molecule has 2 rings (SSSR count). The summed E-state index contributed by atoms with van der Waals surface area (Å²) in [6, 6.07) is 2.00. The first-order valence-electron chi connectivity index (χ1n) is 5.20. The predicted octanol–water partition coefficient (Wildman–Crippen LogP) is 2.61. The number of hydrogen-bond acceptors (Lipinski definition) is 3. The van der Waals surface area contributed by atoms with E-state index < -0.39 is 0 Å². The fraction of sp³-hybridized carbons (Fsp3) is 0.545. The summed E-state index contributed by atoms with van der Waals surface area (Å²) in [7, 11) is 0. The SMILES string of the molecule is CC1NCCCC1C(=O)c1occc1Br. The lowest BCUT2D eigenvalue weighted by atomic mass is 9.87. The molecule has 15 heavy (non-hydrogen) atoms. The van der Waals surface area contributed by atoms with E-state index in [-0.39, 0.29) is 17.7 Å². The Morgan fingerprint density at radius 2 is 2.47 bits per heavy atom. The largest absolute Gasteiger partial charge is 0.460 e. The van der Waals surface area contributed by atoms with Crippen molar-refractivity contribution in [3.63, 3.8) is 0 Å². The fourth-order valence-electron chi connectivity index (χ4n) is 2.04. The molecule has 1 N–H and O–H groups in total. The Bertz CT molecular complexity index is 361. The van der Waals surface area contributed by atoms with Crippen molar-refractivity contribution >= 4 is 21.7 Å². The standard InChI is InChI=1S/C11H14BrNO2/c1-7-8(3-2-5-13-7)10(14)11-9(12)4-6-15-11/h4,6-8,13H,2-3,5H2,1H3. The summed E-state index contributed by atoms with van der Waals surface area (Å²) in [5.74, 6) is 0.600. The first-order chi connectivity index (χ1) is 7.20. The zero-order valence-corrected chi connectivity index (χ0v) is 10.2. The van der Waals surface area contributed by atoms with Crippen molar-refractivity contribution in [3.05, 3.63) is 22.6 Å². The third kappa shape index (κ3) is 2.16. The van der Waals surface area contributed by atoms with E-state index in [1.54, 1.807) is 6.07 Å². The highest BCUT2D eigenvalue weighted by Crippen LogP contribution is 2.26. The molecule has 3 nitrogen and oxygen atoms in total. The molecule has 1 aliphatic rings. The van der Waals surface area contributed by atoms with Crippen LogP contribution < -0.4 is 5.32 Å². The number of hydrogen-bond donors (Lipinski definition) is 1. The molecular formula is C11H14BrNO2. The second-order valence-electron chi connectivity index (χ2n) is 3.95. The van der Waals surface area contributed by atoms with Gasteiger partial charge in [-0.1, -0.05) is 0 Å². The minimum Gasteiger partial charge on any atom is -0.460 e. The lowest BCUT2D eigenvalue weighted by Crippen LogP contribution is -2.42. The molecule has 1 fully saturated rings. The highest BCUT2D eigenvalue weighted by atomic mass is 79.9. The van der Waals surface area contributed by atoms with Gasteiger partial charge in [-0.25, -0.2) is 0 Å². The van der Waals surface area contributed by atoms with E-state index in [1.165, 1.54) is 6.26 Å². The molecule has 82 valence electrons. The van der Waals surface area contributed by atoms with Gasteiger partial charge in [0.2, 0.25) is 5.78 Å². The van der Waals surface area contributed by atoms with Crippen LogP contribution in [-0.2, 0) is 0 Å². The van der Waals surface area contributed by atoms with Crippen molar-refractivity contribution in [1.29, 1.82) is 0 Å². The quantitative estimate of drug-likeness (QED) is 0.841. The lowest BCUT2D eigenvalue weighted by molar-refractivity contribution is 0.0836. The van der Waals surface area contributed by atoms with Gasteiger partial charge in [0.1, 0.15) is 0 Å². The van der Waals surface area contributed by atoms with Crippen LogP contribution in [0.25, 0.3) is 0 Å². The zero-order valence-electron chi connectivity index (χ0n) is 8.63. The van der Waals surface area contributed by atoms with Crippen LogP contribution in [0.1, 0.15) is 30.3 Å². The number of rotatable bonds is 2. The monoisotopic (exact) mass is 271 g/mol. The molecule has 0 spiro atoms. The maximum atomic E-state index is 12.1. The molecule has 2 heterocycles. The first kappa shape index (κ1) is 10.9. The Hall–Kier alpha value is -0.610. The number of piperidine rings is 1. The minimum absolute atomic E-state index is 0.0428. The Morgan fingerprint density at radius 1 is 1.67 bits per heavy atom. The van der Waals surface area contributed by atoms with Gasteiger partial charge < -0.3 is 9.73 Å². The Balaban J connectivity index is 2.17. The Kier molecular flexibility index (Phi) is 3.26. The topological polar surface area (TPSA) is 42.2 Å². The summed E-state index contributed by atoms with van der Waals surface area (Å²) in [5.41, 5.74) is 0. The van der Waals surface area contributed by atoms with Gasteiger partial charge >= 0.3 is 0 Å². The first-order valence-corrected chi connectivity index (χ1v) is 6.00. The van der Waals surface area contributed by atoms with Crippen LogP contribution in [0.4, 0.5) is 0 Å². The molecule has 0 bridgehead atoms. The summed E-state index contributed by atoms with van der Waals surface area (Å²) in [5, 5.41) is 3.32. The number of carbonyl (C=O) groups is 1. The highest BCUT2D eigenvalue weighted by molar-refractivity contribution is 9.10. The third-order valence-corrected chi connectivity index (χ3v) is 3.56. The normalized spacial score (nSPS) is 26.5. The van der Waals surface area contributed by atoms with Gasteiger partial charge in [0.15, 0.2) is 5.76 Å². The molecule has 4 heteroatoms. The summed E-state index contributed by atoms with van der Waals surface area (Å²) < 4.78 is 5.96. The fourth-order valence-corrected chi connectivity index (χ4v) is 2.44. The Morgan fingerprint density at radius 3 is 3.07 bits per heavy atom. The smallest absolute Gasteiger partial charge is 0.203 e. The number of nitrogens with one attached hydrogen (secondary N) is 1. The van der Waals surface area contributed by atoms with Gasteiger partial charge in [0.25, 0.3) is 0 Å². The summed E-state index contributed by atoms with van der Waals surface area (Å²) in [6.45, 7) is 3.06. The van der Waals surface area contributed by atoms with Crippen LogP contribution in [0, 0.1) is 5.92 Å². The number of Topliss-reactive ketones (excluding diaryl/α,β-unsaturated/α-hetero) is 1. The van der Waals surface area contributed by atoms with Crippen molar-refractivity contribution in [2.45, 2.75) is 25.8 Å².